The second-order valence-electron chi connectivity index (χ2n) is 6.57. The topological polar surface area (TPSA) is 62.0 Å². The second kappa shape index (κ2) is 9.07. The molecule has 0 amide bonds. The van der Waals surface area contributed by atoms with Gasteiger partial charge in [0.2, 0.25) is 5.88 Å². The van der Waals surface area contributed by atoms with Crippen molar-refractivity contribution in [2.45, 2.75) is 6.42 Å². The first-order valence-corrected chi connectivity index (χ1v) is 8.98. The summed E-state index contributed by atoms with van der Waals surface area (Å²) in [6, 6.07) is 15.6. The lowest BCUT2D eigenvalue weighted by Crippen LogP contribution is -2.16. The van der Waals surface area contributed by atoms with Gasteiger partial charge < -0.3 is 9.64 Å². The van der Waals surface area contributed by atoms with E-state index in [1.54, 1.807) is 24.4 Å². The minimum atomic E-state index is -0.332. The molecule has 0 aliphatic carbocycles. The molecule has 0 saturated carbocycles. The zero-order valence-electron chi connectivity index (χ0n) is 15.9. The summed E-state index contributed by atoms with van der Waals surface area (Å²) < 4.78 is 19.2. The monoisotopic (exact) mass is 376 g/mol. The van der Waals surface area contributed by atoms with Crippen LogP contribution in [0.5, 0.6) is 5.88 Å². The number of hydrogen-bond acceptors (Lipinski definition) is 5. The van der Waals surface area contributed by atoms with Crippen LogP contribution in [0, 0.1) is 17.1 Å². The van der Waals surface area contributed by atoms with Crippen molar-refractivity contribution in [2.75, 3.05) is 27.2 Å². The van der Waals surface area contributed by atoms with Crippen LogP contribution in [0.3, 0.4) is 0 Å². The lowest BCUT2D eigenvalue weighted by atomic mass is 10.00. The van der Waals surface area contributed by atoms with Crippen LogP contribution in [0.15, 0.2) is 54.7 Å². The van der Waals surface area contributed by atoms with Crippen molar-refractivity contribution in [3.63, 3.8) is 0 Å². The molecule has 28 heavy (non-hydrogen) atoms. The van der Waals surface area contributed by atoms with Gasteiger partial charge in [-0.25, -0.2) is 9.37 Å². The zero-order chi connectivity index (χ0) is 19.9. The molecule has 0 bridgehead atoms. The maximum atomic E-state index is 13.4. The van der Waals surface area contributed by atoms with Crippen molar-refractivity contribution in [1.29, 1.82) is 5.26 Å². The molecule has 0 atom stereocenters. The standard InChI is InChI=1S/C22H21FN4O/c1-27(2)12-5-13-28-22-19(15-24)18(16-7-9-17(23)10-8-16)14-21(26-22)20-6-3-4-11-25-20/h3-4,6-11,14H,5,12-13H2,1-2H3. The maximum absolute atomic E-state index is 13.4. The van der Waals surface area contributed by atoms with Gasteiger partial charge in [-0.3, -0.25) is 4.98 Å². The van der Waals surface area contributed by atoms with E-state index in [1.165, 1.54) is 12.1 Å². The molecule has 6 heteroatoms. The first-order valence-electron chi connectivity index (χ1n) is 8.98. The Morgan fingerprint density at radius 1 is 1.11 bits per heavy atom. The lowest BCUT2D eigenvalue weighted by molar-refractivity contribution is 0.273. The van der Waals surface area contributed by atoms with Crippen LogP contribution < -0.4 is 4.74 Å². The van der Waals surface area contributed by atoms with Crippen LogP contribution in [0.2, 0.25) is 0 Å². The van der Waals surface area contributed by atoms with Crippen LogP contribution in [-0.4, -0.2) is 42.1 Å². The van der Waals surface area contributed by atoms with Crippen LogP contribution in [0.25, 0.3) is 22.5 Å². The number of rotatable bonds is 7. The van der Waals surface area contributed by atoms with Crippen molar-refractivity contribution >= 4 is 0 Å². The number of nitrogens with zero attached hydrogens (tertiary/aromatic N) is 4. The maximum Gasteiger partial charge on any atom is 0.232 e. The highest BCUT2D eigenvalue weighted by Gasteiger charge is 2.17. The van der Waals surface area contributed by atoms with E-state index in [0.29, 0.717) is 29.1 Å². The Morgan fingerprint density at radius 3 is 2.54 bits per heavy atom. The van der Waals surface area contributed by atoms with Gasteiger partial charge in [0.1, 0.15) is 17.4 Å². The van der Waals surface area contributed by atoms with E-state index >= 15 is 0 Å². The Balaban J connectivity index is 2.05. The summed E-state index contributed by atoms with van der Waals surface area (Å²) in [4.78, 5) is 11.0. The third kappa shape index (κ3) is 4.70. The SMILES string of the molecule is CN(C)CCCOc1nc(-c2ccccn2)cc(-c2ccc(F)cc2)c1C#N. The van der Waals surface area contributed by atoms with Gasteiger partial charge in [-0.05, 0) is 56.4 Å². The summed E-state index contributed by atoms with van der Waals surface area (Å²) in [7, 11) is 3.99. The highest BCUT2D eigenvalue weighted by Crippen LogP contribution is 2.33. The molecule has 0 fully saturated rings. The Labute approximate surface area is 164 Å². The van der Waals surface area contributed by atoms with E-state index in [0.717, 1.165) is 18.5 Å². The average molecular weight is 376 g/mol. The number of aromatic nitrogens is 2. The van der Waals surface area contributed by atoms with E-state index in [-0.39, 0.29) is 11.7 Å². The Morgan fingerprint density at radius 2 is 1.89 bits per heavy atom. The lowest BCUT2D eigenvalue weighted by Gasteiger charge is -2.14. The molecule has 3 aromatic rings. The summed E-state index contributed by atoms with van der Waals surface area (Å²) in [5, 5.41) is 9.75. The normalized spacial score (nSPS) is 10.7. The van der Waals surface area contributed by atoms with Crippen molar-refractivity contribution in [3.8, 4) is 34.5 Å². The smallest absolute Gasteiger partial charge is 0.232 e. The summed E-state index contributed by atoms with van der Waals surface area (Å²) in [5.74, 6) is -0.0647. The highest BCUT2D eigenvalue weighted by molar-refractivity contribution is 5.77. The average Bonchev–Trinajstić information content (AvgIpc) is 2.71. The van der Waals surface area contributed by atoms with Gasteiger partial charge in [-0.1, -0.05) is 18.2 Å². The summed E-state index contributed by atoms with van der Waals surface area (Å²) >= 11 is 0. The van der Waals surface area contributed by atoms with Gasteiger partial charge in [-0.15, -0.1) is 0 Å². The number of benzene rings is 1. The summed E-state index contributed by atoms with van der Waals surface area (Å²) in [5.41, 5.74) is 2.96. The van der Waals surface area contributed by atoms with Crippen LogP contribution >= 0.6 is 0 Å². The zero-order valence-corrected chi connectivity index (χ0v) is 15.9. The molecule has 2 aromatic heterocycles. The van der Waals surface area contributed by atoms with Gasteiger partial charge in [0, 0.05) is 18.3 Å². The summed E-state index contributed by atoms with van der Waals surface area (Å²) in [6.07, 6.45) is 2.49. The quantitative estimate of drug-likeness (QED) is 0.580. The molecule has 0 aliphatic heterocycles. The first kappa shape index (κ1) is 19.5. The number of nitriles is 1. The van der Waals surface area contributed by atoms with Gasteiger partial charge in [0.15, 0.2) is 0 Å². The molecule has 0 spiro atoms. The van der Waals surface area contributed by atoms with Crippen molar-refractivity contribution in [2.24, 2.45) is 0 Å². The predicted octanol–water partition coefficient (Wildman–Crippen LogP) is 4.15. The van der Waals surface area contributed by atoms with Crippen molar-refractivity contribution in [3.05, 3.63) is 66.1 Å². The minimum Gasteiger partial charge on any atom is -0.477 e. The molecule has 0 saturated heterocycles. The Kier molecular flexibility index (Phi) is 6.30. The number of hydrogen-bond donors (Lipinski definition) is 0. The molecule has 0 aliphatic rings. The van der Waals surface area contributed by atoms with Crippen LogP contribution in [0.1, 0.15) is 12.0 Å². The molecule has 0 radical (unpaired) electrons. The third-order valence-electron chi connectivity index (χ3n) is 4.17. The Hall–Kier alpha value is -3.30. The highest BCUT2D eigenvalue weighted by atomic mass is 19.1. The molecule has 0 N–H and O–H groups in total. The van der Waals surface area contributed by atoms with E-state index in [2.05, 4.69) is 20.9 Å². The molecular weight excluding hydrogens is 355 g/mol. The van der Waals surface area contributed by atoms with Crippen molar-refractivity contribution in [1.82, 2.24) is 14.9 Å². The van der Waals surface area contributed by atoms with Gasteiger partial charge in [-0.2, -0.15) is 5.26 Å². The van der Waals surface area contributed by atoms with E-state index in [9.17, 15) is 9.65 Å². The Bertz CT molecular complexity index is 966. The van der Waals surface area contributed by atoms with Gasteiger partial charge in [0.25, 0.3) is 0 Å². The molecule has 2 heterocycles. The number of pyridine rings is 2. The molecule has 0 unspecified atom stereocenters. The van der Waals surface area contributed by atoms with Gasteiger partial charge >= 0.3 is 0 Å². The fourth-order valence-corrected chi connectivity index (χ4v) is 2.79. The van der Waals surface area contributed by atoms with E-state index in [1.807, 2.05) is 32.3 Å². The van der Waals surface area contributed by atoms with E-state index < -0.39 is 0 Å². The third-order valence-corrected chi connectivity index (χ3v) is 4.17. The van der Waals surface area contributed by atoms with Crippen LogP contribution in [-0.2, 0) is 0 Å². The molecule has 5 nitrogen and oxygen atoms in total. The number of ether oxygens (including phenoxy) is 1. The molecule has 3 rings (SSSR count). The largest absolute Gasteiger partial charge is 0.477 e. The molecular formula is C22H21FN4O. The predicted molar refractivity (Wildman–Crippen MR) is 106 cm³/mol. The van der Waals surface area contributed by atoms with Crippen LogP contribution in [0.4, 0.5) is 4.39 Å². The molecule has 142 valence electrons. The fourth-order valence-electron chi connectivity index (χ4n) is 2.79. The molecule has 1 aromatic carbocycles. The van der Waals surface area contributed by atoms with E-state index in [4.69, 9.17) is 4.74 Å². The fraction of sp³-hybridized carbons (Fsp3) is 0.227. The first-order chi connectivity index (χ1) is 13.6. The minimum absolute atomic E-state index is 0.267. The number of halogens is 1. The summed E-state index contributed by atoms with van der Waals surface area (Å²) in [6.45, 7) is 1.31. The second-order valence-corrected chi connectivity index (χ2v) is 6.57. The van der Waals surface area contributed by atoms with Crippen molar-refractivity contribution < 1.29 is 9.13 Å². The van der Waals surface area contributed by atoms with Gasteiger partial charge in [0.05, 0.1) is 18.0 Å².